The predicted molar refractivity (Wildman–Crippen MR) is 54.1 cm³/mol. The van der Waals surface area contributed by atoms with Crippen molar-refractivity contribution in [1.82, 2.24) is 14.6 Å². The van der Waals surface area contributed by atoms with E-state index in [0.29, 0.717) is 5.65 Å². The molecule has 0 aromatic carbocycles. The molecule has 0 atom stereocenters. The molecule has 15 heavy (non-hydrogen) atoms. The lowest BCUT2D eigenvalue weighted by atomic mass is 10.3. The zero-order chi connectivity index (χ0) is 10.8. The van der Waals surface area contributed by atoms with Gasteiger partial charge in [-0.1, -0.05) is 0 Å². The van der Waals surface area contributed by atoms with Gasteiger partial charge in [0.1, 0.15) is 11.4 Å². The van der Waals surface area contributed by atoms with Crippen LogP contribution in [0, 0.1) is 0 Å². The zero-order valence-corrected chi connectivity index (χ0v) is 8.14. The highest BCUT2D eigenvalue weighted by atomic mass is 16.4. The first kappa shape index (κ1) is 9.45. The van der Waals surface area contributed by atoms with Crippen LogP contribution in [0.3, 0.4) is 0 Å². The SMILES string of the molecule is CCNc1ccnc2c(C(=O)O)cnn12. The van der Waals surface area contributed by atoms with Crippen LogP contribution in [0.5, 0.6) is 0 Å². The Morgan fingerprint density at radius 1 is 1.67 bits per heavy atom. The van der Waals surface area contributed by atoms with Gasteiger partial charge in [0.05, 0.1) is 6.20 Å². The molecule has 2 aromatic rings. The molecule has 0 aliphatic heterocycles. The number of carboxylic acid groups (broad SMARTS) is 1. The van der Waals surface area contributed by atoms with E-state index in [0.717, 1.165) is 12.4 Å². The van der Waals surface area contributed by atoms with Crippen LogP contribution in [0.25, 0.3) is 5.65 Å². The number of nitrogens with zero attached hydrogens (tertiary/aromatic N) is 3. The van der Waals surface area contributed by atoms with E-state index in [4.69, 9.17) is 5.11 Å². The molecule has 0 radical (unpaired) electrons. The van der Waals surface area contributed by atoms with Crippen molar-refractivity contribution in [2.45, 2.75) is 6.92 Å². The fourth-order valence-corrected chi connectivity index (χ4v) is 1.36. The standard InChI is InChI=1S/C9H10N4O2/c1-2-10-7-3-4-11-8-6(9(14)15)5-12-13(7)8/h3-5,10H,2H2,1H3,(H,14,15). The lowest BCUT2D eigenvalue weighted by Crippen LogP contribution is -2.05. The minimum atomic E-state index is -1.02. The molecular formula is C9H10N4O2. The second kappa shape index (κ2) is 3.56. The summed E-state index contributed by atoms with van der Waals surface area (Å²) in [5, 5.41) is 15.9. The molecule has 0 saturated carbocycles. The first-order valence-corrected chi connectivity index (χ1v) is 4.54. The average molecular weight is 206 g/mol. The molecule has 2 N–H and O–H groups in total. The quantitative estimate of drug-likeness (QED) is 0.778. The third-order valence-corrected chi connectivity index (χ3v) is 1.99. The molecular weight excluding hydrogens is 196 g/mol. The molecule has 2 aromatic heterocycles. The fourth-order valence-electron chi connectivity index (χ4n) is 1.36. The van der Waals surface area contributed by atoms with Crippen LogP contribution in [0.4, 0.5) is 5.82 Å². The summed E-state index contributed by atoms with van der Waals surface area (Å²) in [4.78, 5) is 14.8. The van der Waals surface area contributed by atoms with Crippen molar-refractivity contribution in [2.75, 3.05) is 11.9 Å². The fraction of sp³-hybridized carbons (Fsp3) is 0.222. The Bertz CT molecular complexity index is 506. The van der Waals surface area contributed by atoms with Gasteiger partial charge in [-0.2, -0.15) is 9.61 Å². The van der Waals surface area contributed by atoms with E-state index < -0.39 is 5.97 Å². The van der Waals surface area contributed by atoms with E-state index >= 15 is 0 Å². The van der Waals surface area contributed by atoms with Gasteiger partial charge in [-0.15, -0.1) is 0 Å². The summed E-state index contributed by atoms with van der Waals surface area (Å²) in [5.41, 5.74) is 0.454. The normalized spacial score (nSPS) is 10.5. The topological polar surface area (TPSA) is 79.5 Å². The molecule has 0 saturated heterocycles. The summed E-state index contributed by atoms with van der Waals surface area (Å²) in [5.74, 6) is -0.291. The van der Waals surface area contributed by atoms with E-state index in [1.54, 1.807) is 12.3 Å². The molecule has 0 spiro atoms. The Morgan fingerprint density at radius 2 is 2.47 bits per heavy atom. The summed E-state index contributed by atoms with van der Waals surface area (Å²) in [6.45, 7) is 2.69. The Labute approximate surface area is 85.6 Å². The first-order chi connectivity index (χ1) is 7.24. The minimum absolute atomic E-state index is 0.106. The van der Waals surface area contributed by atoms with Crippen molar-refractivity contribution < 1.29 is 9.90 Å². The van der Waals surface area contributed by atoms with Crippen molar-refractivity contribution >= 4 is 17.4 Å². The highest BCUT2D eigenvalue weighted by Crippen LogP contribution is 2.12. The maximum absolute atomic E-state index is 10.8. The lowest BCUT2D eigenvalue weighted by Gasteiger charge is -2.04. The maximum atomic E-state index is 10.8. The smallest absolute Gasteiger partial charge is 0.341 e. The van der Waals surface area contributed by atoms with Crippen LogP contribution >= 0.6 is 0 Å². The van der Waals surface area contributed by atoms with Gasteiger partial charge >= 0.3 is 5.97 Å². The Morgan fingerprint density at radius 3 is 3.13 bits per heavy atom. The van der Waals surface area contributed by atoms with Gasteiger partial charge in [0, 0.05) is 12.7 Å². The molecule has 0 aliphatic carbocycles. The molecule has 0 bridgehead atoms. The van der Waals surface area contributed by atoms with E-state index in [-0.39, 0.29) is 5.56 Å². The average Bonchev–Trinajstić information content (AvgIpc) is 2.62. The molecule has 0 amide bonds. The van der Waals surface area contributed by atoms with Crippen molar-refractivity contribution in [3.05, 3.63) is 24.0 Å². The van der Waals surface area contributed by atoms with Gasteiger partial charge in [-0.3, -0.25) is 0 Å². The highest BCUT2D eigenvalue weighted by Gasteiger charge is 2.13. The van der Waals surface area contributed by atoms with Gasteiger partial charge < -0.3 is 10.4 Å². The van der Waals surface area contributed by atoms with Crippen molar-refractivity contribution in [3.8, 4) is 0 Å². The summed E-state index contributed by atoms with van der Waals surface area (Å²) in [7, 11) is 0. The molecule has 0 unspecified atom stereocenters. The number of hydrogen-bond acceptors (Lipinski definition) is 4. The minimum Gasteiger partial charge on any atom is -0.477 e. The van der Waals surface area contributed by atoms with E-state index in [2.05, 4.69) is 15.4 Å². The van der Waals surface area contributed by atoms with E-state index in [9.17, 15) is 4.79 Å². The molecule has 78 valence electrons. The number of rotatable bonds is 3. The second-order valence-corrected chi connectivity index (χ2v) is 2.96. The van der Waals surface area contributed by atoms with Crippen LogP contribution in [0.15, 0.2) is 18.5 Å². The summed E-state index contributed by atoms with van der Waals surface area (Å²) < 4.78 is 1.48. The number of aromatic nitrogens is 3. The Kier molecular flexibility index (Phi) is 2.24. The first-order valence-electron chi connectivity index (χ1n) is 4.54. The van der Waals surface area contributed by atoms with E-state index in [1.807, 2.05) is 6.92 Å². The molecule has 6 heteroatoms. The summed E-state index contributed by atoms with van der Waals surface area (Å²) in [6.07, 6.45) is 2.85. The summed E-state index contributed by atoms with van der Waals surface area (Å²) in [6, 6.07) is 1.75. The number of anilines is 1. The lowest BCUT2D eigenvalue weighted by molar-refractivity contribution is 0.0699. The van der Waals surface area contributed by atoms with Gasteiger partial charge in [0.15, 0.2) is 5.65 Å². The van der Waals surface area contributed by atoms with Gasteiger partial charge in [0.2, 0.25) is 0 Å². The van der Waals surface area contributed by atoms with E-state index in [1.165, 1.54) is 10.7 Å². The molecule has 0 aliphatic rings. The number of fused-ring (bicyclic) bond motifs is 1. The van der Waals surface area contributed by atoms with Crippen LogP contribution in [-0.2, 0) is 0 Å². The molecule has 6 nitrogen and oxygen atoms in total. The monoisotopic (exact) mass is 206 g/mol. The van der Waals surface area contributed by atoms with Gasteiger partial charge in [0.25, 0.3) is 0 Å². The van der Waals surface area contributed by atoms with Crippen molar-refractivity contribution in [3.63, 3.8) is 0 Å². The second-order valence-electron chi connectivity index (χ2n) is 2.96. The van der Waals surface area contributed by atoms with Crippen LogP contribution in [-0.4, -0.2) is 32.2 Å². The van der Waals surface area contributed by atoms with Crippen LogP contribution in [0.2, 0.25) is 0 Å². The number of carbonyl (C=O) groups is 1. The summed E-state index contributed by atoms with van der Waals surface area (Å²) >= 11 is 0. The zero-order valence-electron chi connectivity index (χ0n) is 8.14. The third kappa shape index (κ3) is 1.50. The largest absolute Gasteiger partial charge is 0.477 e. The predicted octanol–water partition coefficient (Wildman–Crippen LogP) is 0.859. The molecule has 2 heterocycles. The molecule has 2 rings (SSSR count). The Hall–Kier alpha value is -2.11. The molecule has 0 fully saturated rings. The van der Waals surface area contributed by atoms with Gasteiger partial charge in [-0.25, -0.2) is 9.78 Å². The number of nitrogens with one attached hydrogen (secondary N) is 1. The third-order valence-electron chi connectivity index (χ3n) is 1.99. The number of hydrogen-bond donors (Lipinski definition) is 2. The number of carboxylic acids is 1. The number of aromatic carboxylic acids is 1. The highest BCUT2D eigenvalue weighted by molar-refractivity contribution is 5.94. The van der Waals surface area contributed by atoms with Gasteiger partial charge in [-0.05, 0) is 13.0 Å². The van der Waals surface area contributed by atoms with Crippen LogP contribution in [0.1, 0.15) is 17.3 Å². The Balaban J connectivity index is 2.63. The van der Waals surface area contributed by atoms with Crippen LogP contribution < -0.4 is 5.32 Å². The van der Waals surface area contributed by atoms with Crippen molar-refractivity contribution in [2.24, 2.45) is 0 Å². The van der Waals surface area contributed by atoms with Crippen molar-refractivity contribution in [1.29, 1.82) is 0 Å². The maximum Gasteiger partial charge on any atom is 0.341 e.